The summed E-state index contributed by atoms with van der Waals surface area (Å²) in [5, 5.41) is 10.8. The fourth-order valence-electron chi connectivity index (χ4n) is 3.20. The maximum atomic E-state index is 10.8. The molecule has 0 aromatic heterocycles. The summed E-state index contributed by atoms with van der Waals surface area (Å²) in [5.74, 6) is 0. The molecular weight excluding hydrogens is 542 g/mol. The summed E-state index contributed by atoms with van der Waals surface area (Å²) in [6, 6.07) is 0. The van der Waals surface area contributed by atoms with Gasteiger partial charge in [0, 0.05) is 0 Å². The summed E-state index contributed by atoms with van der Waals surface area (Å²) in [5.41, 5.74) is 0. The number of aliphatic hydroxyl groups is 1. The number of hydrogen-bond acceptors (Lipinski definition) is 8. The number of hydrogen-bond donors (Lipinski definition) is 1. The van der Waals surface area contributed by atoms with E-state index in [0.29, 0.717) is 19.8 Å². The van der Waals surface area contributed by atoms with Crippen LogP contribution in [0.15, 0.2) is 0 Å². The van der Waals surface area contributed by atoms with Gasteiger partial charge in [-0.2, -0.15) is 0 Å². The van der Waals surface area contributed by atoms with Gasteiger partial charge in [0.15, 0.2) is 0 Å². The van der Waals surface area contributed by atoms with E-state index in [1.807, 2.05) is 0 Å². The molecule has 1 aliphatic rings. The number of halogens is 1. The Kier molecular flexibility index (Phi) is 17.2. The van der Waals surface area contributed by atoms with Crippen molar-refractivity contribution < 1.29 is 33.0 Å². The molecule has 0 saturated carbocycles. The molecule has 10 heteroatoms. The molecule has 1 aliphatic heterocycles. The molecule has 1 rings (SSSR count). The first kappa shape index (κ1) is 29.3. The van der Waals surface area contributed by atoms with E-state index in [2.05, 4.69) is 49.8 Å². The fourth-order valence-corrected chi connectivity index (χ4v) is 4.08. The molecule has 0 spiro atoms. The van der Waals surface area contributed by atoms with Gasteiger partial charge >= 0.3 is 192 Å². The van der Waals surface area contributed by atoms with Crippen LogP contribution in [0.25, 0.3) is 0 Å². The van der Waals surface area contributed by atoms with Crippen molar-refractivity contribution in [1.82, 2.24) is 0 Å². The maximum absolute atomic E-state index is 10.8. The molecule has 1 N–H and O–H groups in total. The van der Waals surface area contributed by atoms with Crippen LogP contribution in [0.3, 0.4) is 0 Å². The van der Waals surface area contributed by atoms with Gasteiger partial charge in [-0.25, -0.2) is 0 Å². The third-order valence-corrected chi connectivity index (χ3v) is 6.31. The minimum absolute atomic E-state index is 0.0906. The van der Waals surface area contributed by atoms with Crippen molar-refractivity contribution in [3.05, 3.63) is 0 Å². The summed E-state index contributed by atoms with van der Waals surface area (Å²) in [6.07, 6.45) is 2.33. The van der Waals surface area contributed by atoms with E-state index in [1.165, 1.54) is 0 Å². The molecule has 7 nitrogen and oxygen atoms in total. The van der Waals surface area contributed by atoms with E-state index >= 15 is 0 Å². The normalized spacial score (nSPS) is 28.1. The predicted octanol–water partition coefficient (Wildman–Crippen LogP) is 4.50. The molecule has 1 heterocycles. The van der Waals surface area contributed by atoms with E-state index in [9.17, 15) is 5.11 Å². The second-order valence-electron chi connectivity index (χ2n) is 7.33. The quantitative estimate of drug-likeness (QED) is 0.125. The molecule has 0 aromatic carbocycles. The van der Waals surface area contributed by atoms with Crippen LogP contribution in [0.1, 0.15) is 59.3 Å². The Balaban J connectivity index is 3.08. The minimum atomic E-state index is -0.903. The van der Waals surface area contributed by atoms with Crippen LogP contribution < -0.4 is 0 Å². The predicted molar refractivity (Wildman–Crippen MR) is 130 cm³/mol. The van der Waals surface area contributed by atoms with Crippen molar-refractivity contribution in [3.8, 4) is 0 Å². The van der Waals surface area contributed by atoms with Crippen LogP contribution >= 0.6 is 29.0 Å². The van der Waals surface area contributed by atoms with Gasteiger partial charge in [-0.3, -0.25) is 0 Å². The Hall–Kier alpha value is 1.23. The third kappa shape index (κ3) is 10.4. The smallest absolute Gasteiger partial charge is 0.0653 e. The van der Waals surface area contributed by atoms with Crippen LogP contribution in [-0.2, 0) is 35.2 Å². The molecule has 180 valence electrons. The van der Waals surface area contributed by atoms with Crippen LogP contribution in [-0.4, -0.2) is 75.5 Å². The Morgan fingerprint density at radius 2 is 1.43 bits per heavy atom. The van der Waals surface area contributed by atoms with Crippen molar-refractivity contribution in [3.63, 3.8) is 0 Å². The molecular formula is C20H39IO7PS-. The standard InChI is InChI=1S/C20H39IO7PS/c1-5-8-11-24-17-16(15(22)14-27-30(21)29)28-20(23-4)19(26-13-10-7-3)18(17)25-12-9-6-2/h15-20,22H,5-14H2,1-4H3/q-1/t15?,16?,17-,18?,19+,20+/m1/s1. The molecule has 0 bridgehead atoms. The Labute approximate surface area is 198 Å². The van der Waals surface area contributed by atoms with Crippen molar-refractivity contribution in [2.75, 3.05) is 33.5 Å². The molecule has 0 amide bonds. The zero-order valence-electron chi connectivity index (χ0n) is 18.7. The summed E-state index contributed by atoms with van der Waals surface area (Å²) >= 11 is 2.06. The minimum Gasteiger partial charge on any atom is -0.0653 e. The topological polar surface area (TPSA) is 75.6 Å². The monoisotopic (exact) mass is 581 g/mol. The Morgan fingerprint density at radius 1 is 0.933 bits per heavy atom. The van der Waals surface area contributed by atoms with Crippen LogP contribution in [0.4, 0.5) is 0 Å². The number of methoxy groups -OCH3 is 1. The number of ether oxygens (including phenoxy) is 5. The van der Waals surface area contributed by atoms with Gasteiger partial charge in [0.25, 0.3) is 0 Å². The van der Waals surface area contributed by atoms with Gasteiger partial charge < -0.3 is 0 Å². The molecule has 6 atom stereocenters. The van der Waals surface area contributed by atoms with E-state index in [0.717, 1.165) is 38.5 Å². The van der Waals surface area contributed by atoms with Gasteiger partial charge in [0.05, 0.1) is 0 Å². The second-order valence-corrected chi connectivity index (χ2v) is 13.5. The Morgan fingerprint density at radius 3 is 1.90 bits per heavy atom. The molecule has 1 fully saturated rings. The van der Waals surface area contributed by atoms with E-state index < -0.39 is 44.1 Å². The molecule has 30 heavy (non-hydrogen) atoms. The zero-order valence-corrected chi connectivity index (χ0v) is 22.5. The average molecular weight is 581 g/mol. The second kappa shape index (κ2) is 17.7. The van der Waals surface area contributed by atoms with Crippen LogP contribution in [0.2, 0.25) is 0 Å². The van der Waals surface area contributed by atoms with Crippen molar-refractivity contribution >= 4 is 36.3 Å². The van der Waals surface area contributed by atoms with Crippen molar-refractivity contribution in [2.24, 2.45) is 0 Å². The number of rotatable bonds is 16. The van der Waals surface area contributed by atoms with E-state index in [1.54, 1.807) is 7.11 Å². The molecule has 0 aromatic rings. The Bertz CT molecular complexity index is 507. The summed E-state index contributed by atoms with van der Waals surface area (Å²) in [6.45, 7) is 8.19. The SMILES string of the molecule is CCCCOC1[C@H](OCCCC)C(C(O)CO[S-](#P)I)O[C@H](OC)[C@H]1OCCCC. The summed E-state index contributed by atoms with van der Waals surface area (Å²) in [7, 11) is 5.25. The fraction of sp³-hybridized carbons (Fsp3) is 1.00. The molecule has 0 aliphatic carbocycles. The van der Waals surface area contributed by atoms with E-state index in [4.69, 9.17) is 27.9 Å². The van der Waals surface area contributed by atoms with Gasteiger partial charge in [-0.05, 0) is 0 Å². The van der Waals surface area contributed by atoms with Gasteiger partial charge in [-0.15, -0.1) is 0 Å². The average Bonchev–Trinajstić information content (AvgIpc) is 2.73. The first-order valence-corrected chi connectivity index (χ1v) is 15.7. The number of aliphatic hydroxyl groups excluding tert-OH is 1. The first-order chi connectivity index (χ1) is 14.5. The summed E-state index contributed by atoms with van der Waals surface area (Å²) < 4.78 is 35.9. The summed E-state index contributed by atoms with van der Waals surface area (Å²) in [4.78, 5) is 0. The van der Waals surface area contributed by atoms with E-state index in [-0.39, 0.29) is 6.61 Å². The van der Waals surface area contributed by atoms with Gasteiger partial charge in [-0.1, -0.05) is 6.92 Å². The van der Waals surface area contributed by atoms with Gasteiger partial charge in [0.1, 0.15) is 0 Å². The van der Waals surface area contributed by atoms with Crippen LogP contribution in [0.5, 0.6) is 0 Å². The zero-order chi connectivity index (χ0) is 22.4. The molecule has 3 unspecified atom stereocenters. The third-order valence-electron chi connectivity index (χ3n) is 4.90. The first-order valence-electron chi connectivity index (χ1n) is 10.9. The number of unbranched alkanes of at least 4 members (excludes halogenated alkanes) is 3. The van der Waals surface area contributed by atoms with Gasteiger partial charge in [0.2, 0.25) is 0 Å². The van der Waals surface area contributed by atoms with Crippen molar-refractivity contribution in [1.29, 1.82) is 0 Å². The van der Waals surface area contributed by atoms with Crippen LogP contribution in [0, 0.1) is 0 Å². The molecule has 0 radical (unpaired) electrons. The molecule has 1 saturated heterocycles. The van der Waals surface area contributed by atoms with Crippen molar-refractivity contribution in [2.45, 2.75) is 96.1 Å².